The lowest BCUT2D eigenvalue weighted by molar-refractivity contribution is -0.680. The van der Waals surface area contributed by atoms with Crippen molar-refractivity contribution >= 4 is 10.8 Å². The number of hydrogen-bond donors (Lipinski definition) is 1. The number of rotatable bonds is 4. The Kier molecular flexibility index (Phi) is 4.05. The van der Waals surface area contributed by atoms with Crippen molar-refractivity contribution in [1.82, 2.24) is 0 Å². The number of benzene rings is 2. The Bertz CT molecular complexity index is 968. The highest BCUT2D eigenvalue weighted by Crippen LogP contribution is 2.47. The van der Waals surface area contributed by atoms with Crippen LogP contribution in [0.2, 0.25) is 0 Å². The number of aromatic nitrogens is 1. The van der Waals surface area contributed by atoms with E-state index in [1.165, 1.54) is 0 Å². The van der Waals surface area contributed by atoms with Crippen LogP contribution in [-0.2, 0) is 7.05 Å². The fourth-order valence-electron chi connectivity index (χ4n) is 3.34. The smallest absolute Gasteiger partial charge is 0.231 e. The molecule has 0 aliphatic carbocycles. The molecule has 0 bridgehead atoms. The van der Waals surface area contributed by atoms with Crippen molar-refractivity contribution in [2.45, 2.75) is 6.10 Å². The second-order valence-corrected chi connectivity index (χ2v) is 6.10. The number of ether oxygens (including phenoxy) is 4. The first-order chi connectivity index (χ1) is 12.6. The maximum atomic E-state index is 11.1. The SMILES string of the molecule is COc1ccc(C(O)c2c3c(OC)c4c(cc3cc[n+]2C)OCO4)cc1. The molecule has 2 heterocycles. The maximum absolute atomic E-state index is 11.1. The Labute approximate surface area is 151 Å². The molecule has 1 aromatic heterocycles. The van der Waals surface area contributed by atoms with Crippen LogP contribution in [0.1, 0.15) is 17.4 Å². The predicted molar refractivity (Wildman–Crippen MR) is 94.9 cm³/mol. The topological polar surface area (TPSA) is 61.0 Å². The summed E-state index contributed by atoms with van der Waals surface area (Å²) in [5.74, 6) is 2.51. The van der Waals surface area contributed by atoms with Crippen LogP contribution in [0.4, 0.5) is 0 Å². The molecule has 1 unspecified atom stereocenters. The van der Waals surface area contributed by atoms with Gasteiger partial charge < -0.3 is 24.1 Å². The summed E-state index contributed by atoms with van der Waals surface area (Å²) in [6.45, 7) is 0.157. The summed E-state index contributed by atoms with van der Waals surface area (Å²) in [6.07, 6.45) is 1.07. The van der Waals surface area contributed by atoms with E-state index in [2.05, 4.69) is 0 Å². The molecule has 0 amide bonds. The zero-order chi connectivity index (χ0) is 18.3. The van der Waals surface area contributed by atoms with Crippen molar-refractivity contribution in [2.75, 3.05) is 21.0 Å². The minimum Gasteiger partial charge on any atom is -0.497 e. The number of aliphatic hydroxyl groups excluding tert-OH is 1. The van der Waals surface area contributed by atoms with Gasteiger partial charge in [0.05, 0.1) is 19.6 Å². The van der Waals surface area contributed by atoms with Crippen LogP contribution in [0.3, 0.4) is 0 Å². The second kappa shape index (κ2) is 6.38. The van der Waals surface area contributed by atoms with E-state index in [0.29, 0.717) is 22.9 Å². The van der Waals surface area contributed by atoms with Crippen LogP contribution in [0.25, 0.3) is 10.8 Å². The molecule has 6 nitrogen and oxygen atoms in total. The van der Waals surface area contributed by atoms with Gasteiger partial charge in [0.25, 0.3) is 0 Å². The molecular formula is C20H20NO5+. The molecule has 3 aromatic rings. The van der Waals surface area contributed by atoms with Gasteiger partial charge in [0.2, 0.25) is 18.2 Å². The van der Waals surface area contributed by atoms with Gasteiger partial charge in [-0.25, -0.2) is 4.57 Å². The molecule has 2 aromatic carbocycles. The number of pyridine rings is 1. The summed E-state index contributed by atoms with van der Waals surface area (Å²) in [5.41, 5.74) is 1.47. The lowest BCUT2D eigenvalue weighted by atomic mass is 9.99. The Balaban J connectivity index is 1.94. The van der Waals surface area contributed by atoms with Gasteiger partial charge in [-0.2, -0.15) is 0 Å². The molecule has 134 valence electrons. The largest absolute Gasteiger partial charge is 0.497 e. The molecule has 6 heteroatoms. The van der Waals surface area contributed by atoms with Gasteiger partial charge >= 0.3 is 0 Å². The van der Waals surface area contributed by atoms with Gasteiger partial charge in [0, 0.05) is 11.5 Å². The van der Waals surface area contributed by atoms with Crippen LogP contribution >= 0.6 is 0 Å². The van der Waals surface area contributed by atoms with Crippen molar-refractivity contribution in [3.63, 3.8) is 0 Å². The van der Waals surface area contributed by atoms with Crippen LogP contribution in [-0.4, -0.2) is 26.1 Å². The fraction of sp³-hybridized carbons (Fsp3) is 0.250. The first kappa shape index (κ1) is 16.5. The van der Waals surface area contributed by atoms with Gasteiger partial charge in [-0.05, 0) is 23.8 Å². The number of methoxy groups -OCH3 is 2. The van der Waals surface area contributed by atoms with Gasteiger partial charge in [0.1, 0.15) is 12.8 Å². The van der Waals surface area contributed by atoms with E-state index in [4.69, 9.17) is 18.9 Å². The zero-order valence-corrected chi connectivity index (χ0v) is 14.9. The van der Waals surface area contributed by atoms with Crippen molar-refractivity contribution in [1.29, 1.82) is 0 Å². The Morgan fingerprint density at radius 1 is 1.08 bits per heavy atom. The summed E-state index contributed by atoms with van der Waals surface area (Å²) in [5, 5.41) is 12.8. The van der Waals surface area contributed by atoms with Crippen molar-refractivity contribution < 1.29 is 28.6 Å². The second-order valence-electron chi connectivity index (χ2n) is 6.10. The van der Waals surface area contributed by atoms with Gasteiger partial charge in [0.15, 0.2) is 23.8 Å². The highest BCUT2D eigenvalue weighted by molar-refractivity contribution is 5.94. The summed E-state index contributed by atoms with van der Waals surface area (Å²) >= 11 is 0. The number of aryl methyl sites for hydroxylation is 1. The predicted octanol–water partition coefficient (Wildman–Crippen LogP) is 2.49. The molecule has 0 fully saturated rings. The van der Waals surface area contributed by atoms with Crippen LogP contribution in [0.15, 0.2) is 42.6 Å². The third-order valence-electron chi connectivity index (χ3n) is 4.66. The van der Waals surface area contributed by atoms with E-state index < -0.39 is 6.10 Å². The molecule has 0 saturated carbocycles. The van der Waals surface area contributed by atoms with Gasteiger partial charge in [-0.3, -0.25) is 0 Å². The fourth-order valence-corrected chi connectivity index (χ4v) is 3.34. The molecule has 0 spiro atoms. The van der Waals surface area contributed by atoms with E-state index in [1.807, 2.05) is 54.2 Å². The normalized spacial score (nSPS) is 13.7. The van der Waals surface area contributed by atoms with Gasteiger partial charge in [-0.15, -0.1) is 0 Å². The molecule has 1 aliphatic heterocycles. The standard InChI is InChI=1S/C20H20NO5/c1-21-9-8-13-10-15-19(26-11-25-15)20(24-3)16(13)17(21)18(22)12-4-6-14(23-2)7-5-12/h4-10,18,22H,11H2,1-3H3/q+1. The summed E-state index contributed by atoms with van der Waals surface area (Å²) < 4.78 is 23.8. The number of aliphatic hydroxyl groups is 1. The van der Waals surface area contributed by atoms with E-state index in [1.54, 1.807) is 14.2 Å². The first-order valence-corrected chi connectivity index (χ1v) is 8.25. The summed E-state index contributed by atoms with van der Waals surface area (Å²) in [6, 6.07) is 11.2. The summed E-state index contributed by atoms with van der Waals surface area (Å²) in [7, 11) is 5.10. The maximum Gasteiger partial charge on any atom is 0.231 e. The monoisotopic (exact) mass is 354 g/mol. The zero-order valence-electron chi connectivity index (χ0n) is 14.9. The molecule has 1 N–H and O–H groups in total. The highest BCUT2D eigenvalue weighted by Gasteiger charge is 2.30. The number of hydrogen-bond acceptors (Lipinski definition) is 5. The van der Waals surface area contributed by atoms with Crippen molar-refractivity contribution in [3.05, 3.63) is 53.9 Å². The minimum atomic E-state index is -0.844. The average Bonchev–Trinajstić information content (AvgIpc) is 3.14. The third-order valence-corrected chi connectivity index (χ3v) is 4.66. The minimum absolute atomic E-state index is 0.157. The van der Waals surface area contributed by atoms with E-state index >= 15 is 0 Å². The Morgan fingerprint density at radius 2 is 1.85 bits per heavy atom. The lowest BCUT2D eigenvalue weighted by Crippen LogP contribution is -2.35. The molecule has 1 aliphatic rings. The van der Waals surface area contributed by atoms with Crippen LogP contribution in [0.5, 0.6) is 23.0 Å². The molecule has 0 saturated heterocycles. The molecule has 26 heavy (non-hydrogen) atoms. The lowest BCUT2D eigenvalue weighted by Gasteiger charge is -2.15. The Morgan fingerprint density at radius 3 is 2.54 bits per heavy atom. The van der Waals surface area contributed by atoms with Crippen LogP contribution in [0, 0.1) is 0 Å². The third kappa shape index (κ3) is 2.50. The first-order valence-electron chi connectivity index (χ1n) is 8.25. The molecule has 0 radical (unpaired) electrons. The number of fused-ring (bicyclic) bond motifs is 2. The van der Waals surface area contributed by atoms with E-state index in [-0.39, 0.29) is 6.79 Å². The number of nitrogens with zero attached hydrogens (tertiary/aromatic N) is 1. The molecular weight excluding hydrogens is 334 g/mol. The molecule has 1 atom stereocenters. The van der Waals surface area contributed by atoms with Gasteiger partial charge in [-0.1, -0.05) is 12.1 Å². The van der Waals surface area contributed by atoms with Crippen molar-refractivity contribution in [2.24, 2.45) is 7.05 Å². The summed E-state index contributed by atoms with van der Waals surface area (Å²) in [4.78, 5) is 0. The van der Waals surface area contributed by atoms with Crippen LogP contribution < -0.4 is 23.5 Å². The molecule has 4 rings (SSSR count). The van der Waals surface area contributed by atoms with E-state index in [0.717, 1.165) is 22.1 Å². The van der Waals surface area contributed by atoms with E-state index in [9.17, 15) is 5.11 Å². The Hall–Kier alpha value is -2.99. The average molecular weight is 354 g/mol. The van der Waals surface area contributed by atoms with Crippen molar-refractivity contribution in [3.8, 4) is 23.0 Å². The highest BCUT2D eigenvalue weighted by atomic mass is 16.7. The quantitative estimate of drug-likeness (QED) is 0.730.